The maximum Gasteiger partial charge on any atom is 0.405 e. The largest absolute Gasteiger partial charge is 0.491 e. The molecule has 0 aromatic heterocycles. The van der Waals surface area contributed by atoms with Crippen molar-refractivity contribution in [2.24, 2.45) is 5.41 Å². The average molecular weight is 269 g/mol. The van der Waals surface area contributed by atoms with Crippen molar-refractivity contribution in [3.05, 3.63) is 29.6 Å². The van der Waals surface area contributed by atoms with Crippen molar-refractivity contribution >= 4 is 6.09 Å². The van der Waals surface area contributed by atoms with Crippen molar-refractivity contribution in [2.75, 3.05) is 6.61 Å². The molecule has 0 bridgehead atoms. The molecule has 1 rings (SSSR count). The zero-order valence-corrected chi connectivity index (χ0v) is 11.7. The second-order valence-electron chi connectivity index (χ2n) is 5.54. The molecule has 5 heteroatoms. The van der Waals surface area contributed by atoms with Crippen LogP contribution in [0.15, 0.2) is 18.2 Å². The van der Waals surface area contributed by atoms with Crippen molar-refractivity contribution in [3.63, 3.8) is 0 Å². The highest BCUT2D eigenvalue weighted by molar-refractivity contribution is 5.65. The molecule has 0 saturated heterocycles. The van der Waals surface area contributed by atoms with Crippen LogP contribution in [-0.2, 0) is 0 Å². The molecule has 0 aliphatic carbocycles. The van der Waals surface area contributed by atoms with Crippen LogP contribution in [0, 0.1) is 18.2 Å². The lowest BCUT2D eigenvalue weighted by Gasteiger charge is -2.30. The number of carboxylic acid groups (broad SMARTS) is 1. The SMILES string of the molecule is Cc1c(F)cccc1OCC(NC(=O)O)C(C)(C)C. The lowest BCUT2D eigenvalue weighted by atomic mass is 9.87. The van der Waals surface area contributed by atoms with Gasteiger partial charge in [0.2, 0.25) is 0 Å². The average Bonchev–Trinajstić information content (AvgIpc) is 2.27. The fourth-order valence-electron chi connectivity index (χ4n) is 1.57. The Morgan fingerprint density at radius 3 is 2.63 bits per heavy atom. The Kier molecular flexibility index (Phi) is 4.75. The first kappa shape index (κ1) is 15.3. The summed E-state index contributed by atoms with van der Waals surface area (Å²) in [4.78, 5) is 10.8. The first-order valence-corrected chi connectivity index (χ1v) is 6.09. The third-order valence-corrected chi connectivity index (χ3v) is 2.97. The van der Waals surface area contributed by atoms with E-state index in [9.17, 15) is 9.18 Å². The van der Waals surface area contributed by atoms with Crippen LogP contribution in [0.1, 0.15) is 26.3 Å². The molecule has 0 spiro atoms. The van der Waals surface area contributed by atoms with E-state index in [1.54, 1.807) is 19.1 Å². The van der Waals surface area contributed by atoms with Crippen molar-refractivity contribution in [2.45, 2.75) is 33.7 Å². The number of rotatable bonds is 4. The van der Waals surface area contributed by atoms with Crippen LogP contribution in [0.3, 0.4) is 0 Å². The van der Waals surface area contributed by atoms with Gasteiger partial charge in [-0.3, -0.25) is 0 Å². The summed E-state index contributed by atoms with van der Waals surface area (Å²) in [7, 11) is 0. The standard InChI is InChI=1S/C14H20FNO3/c1-9-10(15)6-5-7-11(9)19-8-12(14(2,3)4)16-13(17)18/h5-7,12,16H,8H2,1-4H3,(H,17,18). The minimum absolute atomic E-state index is 0.153. The summed E-state index contributed by atoms with van der Waals surface area (Å²) in [5, 5.41) is 11.2. The molecule has 1 unspecified atom stereocenters. The summed E-state index contributed by atoms with van der Waals surface area (Å²) in [5.41, 5.74) is 0.130. The van der Waals surface area contributed by atoms with Crippen LogP contribution in [0.2, 0.25) is 0 Å². The summed E-state index contributed by atoms with van der Waals surface area (Å²) >= 11 is 0. The van der Waals surface area contributed by atoms with Crippen LogP contribution < -0.4 is 10.1 Å². The number of halogens is 1. The van der Waals surface area contributed by atoms with Gasteiger partial charge in [0.1, 0.15) is 18.2 Å². The first-order valence-electron chi connectivity index (χ1n) is 6.09. The number of hydrogen-bond donors (Lipinski definition) is 2. The van der Waals surface area contributed by atoms with Gasteiger partial charge in [0, 0.05) is 5.56 Å². The number of nitrogens with one attached hydrogen (secondary N) is 1. The van der Waals surface area contributed by atoms with Gasteiger partial charge in [-0.1, -0.05) is 26.8 Å². The molecule has 1 aromatic carbocycles. The summed E-state index contributed by atoms with van der Waals surface area (Å²) < 4.78 is 18.9. The van der Waals surface area contributed by atoms with Gasteiger partial charge in [-0.05, 0) is 24.5 Å². The fraction of sp³-hybridized carbons (Fsp3) is 0.500. The number of amides is 1. The van der Waals surface area contributed by atoms with E-state index >= 15 is 0 Å². The molecule has 4 nitrogen and oxygen atoms in total. The van der Waals surface area contributed by atoms with Gasteiger partial charge >= 0.3 is 6.09 Å². The lowest BCUT2D eigenvalue weighted by Crippen LogP contribution is -2.47. The third-order valence-electron chi connectivity index (χ3n) is 2.97. The van der Waals surface area contributed by atoms with Crippen LogP contribution in [0.25, 0.3) is 0 Å². The Morgan fingerprint density at radius 2 is 2.11 bits per heavy atom. The zero-order valence-electron chi connectivity index (χ0n) is 11.7. The number of ether oxygens (including phenoxy) is 1. The third kappa shape index (κ3) is 4.43. The Bertz CT molecular complexity index is 454. The monoisotopic (exact) mass is 269 g/mol. The van der Waals surface area contributed by atoms with Gasteiger partial charge in [0.25, 0.3) is 0 Å². The molecule has 1 amide bonds. The Labute approximate surface area is 112 Å². The van der Waals surface area contributed by atoms with Gasteiger partial charge in [-0.25, -0.2) is 9.18 Å². The Morgan fingerprint density at radius 1 is 1.47 bits per heavy atom. The molecule has 0 fully saturated rings. The van der Waals surface area contributed by atoms with Gasteiger partial charge in [0.15, 0.2) is 0 Å². The van der Waals surface area contributed by atoms with E-state index in [-0.39, 0.29) is 23.9 Å². The highest BCUT2D eigenvalue weighted by Gasteiger charge is 2.27. The zero-order chi connectivity index (χ0) is 14.6. The normalized spacial score (nSPS) is 12.9. The van der Waals surface area contributed by atoms with Crippen molar-refractivity contribution in [3.8, 4) is 5.75 Å². The molecule has 0 saturated carbocycles. The highest BCUT2D eigenvalue weighted by Crippen LogP contribution is 2.23. The van der Waals surface area contributed by atoms with Gasteiger partial charge < -0.3 is 15.2 Å². The number of benzene rings is 1. The van der Waals surface area contributed by atoms with Crippen molar-refractivity contribution in [1.29, 1.82) is 0 Å². The molecule has 0 radical (unpaired) electrons. The van der Waals surface area contributed by atoms with E-state index in [0.717, 1.165) is 0 Å². The number of hydrogen-bond acceptors (Lipinski definition) is 2. The van der Waals surface area contributed by atoms with E-state index in [1.165, 1.54) is 6.07 Å². The second-order valence-corrected chi connectivity index (χ2v) is 5.54. The molecule has 0 aliphatic heterocycles. The van der Waals surface area contributed by atoms with E-state index in [0.29, 0.717) is 11.3 Å². The molecule has 19 heavy (non-hydrogen) atoms. The van der Waals surface area contributed by atoms with Gasteiger partial charge in [-0.2, -0.15) is 0 Å². The first-order chi connectivity index (χ1) is 8.71. The minimum atomic E-state index is -1.10. The van der Waals surface area contributed by atoms with Crippen LogP contribution >= 0.6 is 0 Å². The van der Waals surface area contributed by atoms with E-state index < -0.39 is 6.09 Å². The van der Waals surface area contributed by atoms with Crippen LogP contribution in [-0.4, -0.2) is 23.8 Å². The second kappa shape index (κ2) is 5.91. The van der Waals surface area contributed by atoms with Crippen molar-refractivity contribution in [1.82, 2.24) is 5.32 Å². The molecule has 0 aliphatic rings. The molecule has 1 aromatic rings. The molecule has 2 N–H and O–H groups in total. The Hall–Kier alpha value is -1.78. The summed E-state index contributed by atoms with van der Waals surface area (Å²) in [6.45, 7) is 7.52. The molecular formula is C14H20FNO3. The lowest BCUT2D eigenvalue weighted by molar-refractivity contribution is 0.147. The fourth-order valence-corrected chi connectivity index (χ4v) is 1.57. The van der Waals surface area contributed by atoms with Crippen LogP contribution in [0.4, 0.5) is 9.18 Å². The summed E-state index contributed by atoms with van der Waals surface area (Å²) in [6.07, 6.45) is -1.10. The summed E-state index contributed by atoms with van der Waals surface area (Å²) in [6, 6.07) is 4.21. The highest BCUT2D eigenvalue weighted by atomic mass is 19.1. The minimum Gasteiger partial charge on any atom is -0.491 e. The number of carbonyl (C=O) groups is 1. The molecular weight excluding hydrogens is 249 g/mol. The quantitative estimate of drug-likeness (QED) is 0.882. The smallest absolute Gasteiger partial charge is 0.405 e. The van der Waals surface area contributed by atoms with Gasteiger partial charge in [0.05, 0.1) is 6.04 Å². The van der Waals surface area contributed by atoms with Gasteiger partial charge in [-0.15, -0.1) is 0 Å². The Balaban J connectivity index is 2.76. The molecule has 106 valence electrons. The molecule has 1 atom stereocenters. The topological polar surface area (TPSA) is 58.6 Å². The van der Waals surface area contributed by atoms with Crippen LogP contribution in [0.5, 0.6) is 5.75 Å². The predicted molar refractivity (Wildman–Crippen MR) is 71.0 cm³/mol. The predicted octanol–water partition coefficient (Wildman–Crippen LogP) is 3.20. The maximum atomic E-state index is 13.4. The molecule has 0 heterocycles. The van der Waals surface area contributed by atoms with E-state index in [2.05, 4.69) is 5.32 Å². The summed E-state index contributed by atoms with van der Waals surface area (Å²) in [5.74, 6) is 0.0949. The van der Waals surface area contributed by atoms with E-state index in [4.69, 9.17) is 9.84 Å². The van der Waals surface area contributed by atoms with E-state index in [1.807, 2.05) is 20.8 Å². The van der Waals surface area contributed by atoms with Crippen molar-refractivity contribution < 1.29 is 19.0 Å². The maximum absolute atomic E-state index is 13.4.